The first-order valence-electron chi connectivity index (χ1n) is 9.86. The number of carbonyl (C=O) groups excluding carboxylic acids is 3. The van der Waals surface area contributed by atoms with Gasteiger partial charge in [0.2, 0.25) is 0 Å². The Bertz CT molecular complexity index is 896. The Balaban J connectivity index is 2.00. The molecule has 1 amide bonds. The number of halogens is 1. The maximum atomic E-state index is 12.6. The van der Waals surface area contributed by atoms with Gasteiger partial charge in [-0.25, -0.2) is 4.79 Å². The van der Waals surface area contributed by atoms with Crippen molar-refractivity contribution in [1.82, 2.24) is 5.32 Å². The Kier molecular flexibility index (Phi) is 7.79. The summed E-state index contributed by atoms with van der Waals surface area (Å²) in [7, 11) is 0. The van der Waals surface area contributed by atoms with Crippen molar-refractivity contribution in [2.24, 2.45) is 5.92 Å². The lowest BCUT2D eigenvalue weighted by atomic mass is 9.86. The predicted octanol–water partition coefficient (Wildman–Crippen LogP) is 4.82. The summed E-state index contributed by atoms with van der Waals surface area (Å²) in [4.78, 5) is 37.3. The van der Waals surface area contributed by atoms with Crippen LogP contribution in [0.5, 0.6) is 0 Å². The molecule has 6 heteroatoms. The van der Waals surface area contributed by atoms with E-state index < -0.39 is 18.6 Å². The number of hydrogen-bond acceptors (Lipinski definition) is 4. The third-order valence-electron chi connectivity index (χ3n) is 4.73. The van der Waals surface area contributed by atoms with E-state index in [2.05, 4.69) is 26.1 Å². The molecule has 0 aliphatic rings. The number of Topliss-reactive ketones (excluding diaryl/α,β-unsaturated/α-hetero) is 1. The molecule has 1 unspecified atom stereocenters. The van der Waals surface area contributed by atoms with E-state index in [9.17, 15) is 14.4 Å². The molecule has 1 atom stereocenters. The van der Waals surface area contributed by atoms with Crippen molar-refractivity contribution in [2.75, 3.05) is 6.61 Å². The Morgan fingerprint density at radius 3 is 1.97 bits per heavy atom. The van der Waals surface area contributed by atoms with Crippen LogP contribution in [0.25, 0.3) is 0 Å². The van der Waals surface area contributed by atoms with Crippen molar-refractivity contribution < 1.29 is 19.1 Å². The van der Waals surface area contributed by atoms with E-state index in [1.807, 2.05) is 12.1 Å². The van der Waals surface area contributed by atoms with Crippen LogP contribution < -0.4 is 5.32 Å². The van der Waals surface area contributed by atoms with Gasteiger partial charge in [0.1, 0.15) is 6.04 Å². The van der Waals surface area contributed by atoms with E-state index in [0.29, 0.717) is 16.1 Å². The van der Waals surface area contributed by atoms with Crippen LogP contribution in [0.15, 0.2) is 48.5 Å². The first kappa shape index (κ1) is 23.6. The van der Waals surface area contributed by atoms with Crippen molar-refractivity contribution in [3.05, 3.63) is 70.2 Å². The lowest BCUT2D eigenvalue weighted by Gasteiger charge is -2.22. The van der Waals surface area contributed by atoms with Gasteiger partial charge in [-0.3, -0.25) is 9.59 Å². The third-order valence-corrected chi connectivity index (χ3v) is 4.98. The SMILES string of the molecule is CC(C)C(NC(=O)c1ccc(C(C)(C)C)cc1)C(=O)OCC(=O)c1ccc(Cl)cc1. The van der Waals surface area contributed by atoms with Crippen molar-refractivity contribution in [1.29, 1.82) is 0 Å². The molecule has 1 N–H and O–H groups in total. The highest BCUT2D eigenvalue weighted by Gasteiger charge is 2.27. The second-order valence-corrected chi connectivity index (χ2v) is 9.00. The summed E-state index contributed by atoms with van der Waals surface area (Å²) < 4.78 is 5.18. The van der Waals surface area contributed by atoms with Gasteiger partial charge in [-0.2, -0.15) is 0 Å². The summed E-state index contributed by atoms with van der Waals surface area (Å²) in [6.07, 6.45) is 0. The number of amides is 1. The highest BCUT2D eigenvalue weighted by atomic mass is 35.5. The van der Waals surface area contributed by atoms with Crippen LogP contribution in [0.1, 0.15) is 60.9 Å². The molecule has 2 aromatic rings. The van der Waals surface area contributed by atoms with E-state index in [4.69, 9.17) is 16.3 Å². The van der Waals surface area contributed by atoms with Crippen molar-refractivity contribution in [3.8, 4) is 0 Å². The molecule has 0 spiro atoms. The first-order valence-corrected chi connectivity index (χ1v) is 10.2. The zero-order valence-corrected chi connectivity index (χ0v) is 18.7. The van der Waals surface area contributed by atoms with Gasteiger partial charge in [-0.1, -0.05) is 58.4 Å². The fourth-order valence-electron chi connectivity index (χ4n) is 2.79. The van der Waals surface area contributed by atoms with Crippen LogP contribution in [0.3, 0.4) is 0 Å². The molecule has 0 aromatic heterocycles. The lowest BCUT2D eigenvalue weighted by molar-refractivity contribution is -0.145. The average Bonchev–Trinajstić information content (AvgIpc) is 2.69. The second-order valence-electron chi connectivity index (χ2n) is 8.56. The van der Waals surface area contributed by atoms with E-state index in [-0.39, 0.29) is 23.0 Å². The maximum absolute atomic E-state index is 12.6. The molecular formula is C24H28ClNO4. The van der Waals surface area contributed by atoms with Crippen LogP contribution in [0.4, 0.5) is 0 Å². The molecule has 160 valence electrons. The molecule has 5 nitrogen and oxygen atoms in total. The van der Waals surface area contributed by atoms with Crippen molar-refractivity contribution in [2.45, 2.75) is 46.1 Å². The lowest BCUT2D eigenvalue weighted by Crippen LogP contribution is -2.45. The summed E-state index contributed by atoms with van der Waals surface area (Å²) >= 11 is 5.81. The molecule has 30 heavy (non-hydrogen) atoms. The number of carbonyl (C=O) groups is 3. The van der Waals surface area contributed by atoms with Gasteiger partial charge in [0.15, 0.2) is 12.4 Å². The summed E-state index contributed by atoms with van der Waals surface area (Å²) in [5.74, 6) is -1.56. The van der Waals surface area contributed by atoms with E-state index in [1.54, 1.807) is 50.2 Å². The quantitative estimate of drug-likeness (QED) is 0.506. The predicted molar refractivity (Wildman–Crippen MR) is 118 cm³/mol. The largest absolute Gasteiger partial charge is 0.456 e. The van der Waals surface area contributed by atoms with Crippen LogP contribution in [-0.2, 0) is 14.9 Å². The van der Waals surface area contributed by atoms with E-state index >= 15 is 0 Å². The molecule has 0 bridgehead atoms. The summed E-state index contributed by atoms with van der Waals surface area (Å²) in [6, 6.07) is 12.8. The fourth-order valence-corrected chi connectivity index (χ4v) is 2.92. The van der Waals surface area contributed by atoms with Gasteiger partial charge in [0.25, 0.3) is 5.91 Å². The number of rotatable bonds is 7. The number of nitrogens with one attached hydrogen (secondary N) is 1. The summed E-state index contributed by atoms with van der Waals surface area (Å²) in [6.45, 7) is 9.49. The Hall–Kier alpha value is -2.66. The van der Waals surface area contributed by atoms with E-state index in [0.717, 1.165) is 5.56 Å². The molecule has 2 aromatic carbocycles. The summed E-state index contributed by atoms with van der Waals surface area (Å²) in [5, 5.41) is 3.23. The van der Waals surface area contributed by atoms with Gasteiger partial charge >= 0.3 is 5.97 Å². The highest BCUT2D eigenvalue weighted by molar-refractivity contribution is 6.30. The molecule has 0 radical (unpaired) electrons. The zero-order chi connectivity index (χ0) is 22.5. The number of esters is 1. The molecule has 0 aliphatic carbocycles. The topological polar surface area (TPSA) is 72.5 Å². The smallest absolute Gasteiger partial charge is 0.329 e. The van der Waals surface area contributed by atoms with Gasteiger partial charge < -0.3 is 10.1 Å². The Morgan fingerprint density at radius 2 is 1.47 bits per heavy atom. The van der Waals surface area contributed by atoms with Gasteiger partial charge in [-0.05, 0) is 53.3 Å². The standard InChI is InChI=1S/C24H28ClNO4/c1-15(2)21(23(29)30-14-20(27)16-8-12-19(25)13-9-16)26-22(28)17-6-10-18(11-7-17)24(3,4)5/h6-13,15,21H,14H2,1-5H3,(H,26,28). The van der Waals surface area contributed by atoms with E-state index in [1.165, 1.54) is 0 Å². The monoisotopic (exact) mass is 429 g/mol. The maximum Gasteiger partial charge on any atom is 0.329 e. The Labute approximate surface area is 182 Å². The second kappa shape index (κ2) is 9.90. The van der Waals surface area contributed by atoms with Crippen LogP contribution >= 0.6 is 11.6 Å². The molecular weight excluding hydrogens is 402 g/mol. The fraction of sp³-hybridized carbons (Fsp3) is 0.375. The molecule has 0 saturated heterocycles. The van der Waals surface area contributed by atoms with Gasteiger partial charge in [-0.15, -0.1) is 0 Å². The number of hydrogen-bond donors (Lipinski definition) is 1. The number of ether oxygens (including phenoxy) is 1. The number of ketones is 1. The molecule has 0 saturated carbocycles. The minimum atomic E-state index is -0.863. The average molecular weight is 430 g/mol. The normalized spacial score (nSPS) is 12.4. The van der Waals surface area contributed by atoms with Gasteiger partial charge in [0, 0.05) is 16.1 Å². The minimum absolute atomic E-state index is 0.0180. The van der Waals surface area contributed by atoms with Crippen LogP contribution in [0, 0.1) is 5.92 Å². The molecule has 2 rings (SSSR count). The van der Waals surface area contributed by atoms with Crippen LogP contribution in [0.2, 0.25) is 5.02 Å². The zero-order valence-electron chi connectivity index (χ0n) is 18.0. The van der Waals surface area contributed by atoms with Crippen LogP contribution in [-0.4, -0.2) is 30.3 Å². The molecule has 0 fully saturated rings. The summed E-state index contributed by atoms with van der Waals surface area (Å²) in [5.41, 5.74) is 1.95. The molecule has 0 heterocycles. The molecule has 0 aliphatic heterocycles. The minimum Gasteiger partial charge on any atom is -0.456 e. The highest BCUT2D eigenvalue weighted by Crippen LogP contribution is 2.22. The van der Waals surface area contributed by atoms with Crippen molar-refractivity contribution >= 4 is 29.3 Å². The number of benzene rings is 2. The van der Waals surface area contributed by atoms with Gasteiger partial charge in [0.05, 0.1) is 0 Å². The Morgan fingerprint density at radius 1 is 0.933 bits per heavy atom. The van der Waals surface area contributed by atoms with Crippen molar-refractivity contribution in [3.63, 3.8) is 0 Å². The first-order chi connectivity index (χ1) is 14.0. The third kappa shape index (κ3) is 6.42.